The fraction of sp³-hybridized carbons (Fsp3) is 0. The third-order valence-electron chi connectivity index (χ3n) is 2.17. The van der Waals surface area contributed by atoms with Gasteiger partial charge in [-0.2, -0.15) is 9.65 Å². The van der Waals surface area contributed by atoms with Crippen molar-refractivity contribution in [2.45, 2.75) is 0 Å². The second kappa shape index (κ2) is 3.93. The fourth-order valence-electron chi connectivity index (χ4n) is 1.48. The molecule has 2 aromatic carbocycles. The summed E-state index contributed by atoms with van der Waals surface area (Å²) in [5, 5.41) is 10.5. The molecule has 0 spiro atoms. The fourth-order valence-corrected chi connectivity index (χ4v) is 1.48. The summed E-state index contributed by atoms with van der Waals surface area (Å²) in [6.07, 6.45) is 1.23. The number of allylic oxidation sites excluding steroid dienone is 1. The monoisotopic (exact) mass is 197 g/mol. The van der Waals surface area contributed by atoms with Crippen LogP contribution >= 0.6 is 0 Å². The average Bonchev–Trinajstić information content (AvgIpc) is 2.29. The van der Waals surface area contributed by atoms with E-state index in [9.17, 15) is 4.39 Å². The molecule has 2 aromatic rings. The molecule has 0 heterocycles. The van der Waals surface area contributed by atoms with Crippen molar-refractivity contribution in [1.29, 1.82) is 5.26 Å². The topological polar surface area (TPSA) is 23.8 Å². The Balaban J connectivity index is 2.53. The first-order valence-electron chi connectivity index (χ1n) is 4.56. The molecular formula is C13H8FN. The van der Waals surface area contributed by atoms with E-state index in [4.69, 9.17) is 5.26 Å². The molecule has 0 radical (unpaired) electrons. The predicted molar refractivity (Wildman–Crippen MR) is 58.6 cm³/mol. The van der Waals surface area contributed by atoms with Crippen molar-refractivity contribution < 1.29 is 4.39 Å². The average molecular weight is 197 g/mol. The minimum absolute atomic E-state index is 0.702. The zero-order valence-corrected chi connectivity index (χ0v) is 7.94. The summed E-state index contributed by atoms with van der Waals surface area (Å²) in [4.78, 5) is 0. The molecule has 0 saturated carbocycles. The normalized spacial score (nSPS) is 11.3. The summed E-state index contributed by atoms with van der Waals surface area (Å²) in [6, 6.07) is 14.8. The molecular weight excluding hydrogens is 189 g/mol. The number of hydrogen-bond acceptors (Lipinski definition) is 1. The second-order valence-corrected chi connectivity index (χ2v) is 3.21. The van der Waals surface area contributed by atoms with E-state index in [1.165, 1.54) is 12.1 Å². The van der Waals surface area contributed by atoms with Crippen LogP contribution in [0.25, 0.3) is 16.8 Å². The molecule has 0 aliphatic heterocycles. The first-order chi connectivity index (χ1) is 7.29. The molecule has 15 heavy (non-hydrogen) atoms. The standard InChI is InChI=1S/C13H8FN/c14-13(9-15)8-10-5-6-11-3-1-2-4-12(11)7-10/h1-8H/b13-8-. The highest BCUT2D eigenvalue weighted by atomic mass is 19.1. The van der Waals surface area contributed by atoms with E-state index in [-0.39, 0.29) is 0 Å². The molecule has 0 aliphatic carbocycles. The lowest BCUT2D eigenvalue weighted by molar-refractivity contribution is 0.679. The summed E-state index contributed by atoms with van der Waals surface area (Å²) in [7, 11) is 0. The molecule has 0 bridgehead atoms. The Morgan fingerprint density at radius 3 is 2.60 bits per heavy atom. The SMILES string of the molecule is N#C/C(F)=C/c1ccc2ccccc2c1. The molecule has 0 atom stereocenters. The summed E-state index contributed by atoms with van der Waals surface area (Å²) < 4.78 is 12.7. The van der Waals surface area contributed by atoms with Gasteiger partial charge in [-0.1, -0.05) is 36.4 Å². The van der Waals surface area contributed by atoms with Crippen LogP contribution in [0.4, 0.5) is 4.39 Å². The molecule has 2 rings (SSSR count). The highest BCUT2D eigenvalue weighted by molar-refractivity contribution is 5.84. The molecule has 0 unspecified atom stereocenters. The van der Waals surface area contributed by atoms with Gasteiger partial charge >= 0.3 is 0 Å². The van der Waals surface area contributed by atoms with Gasteiger partial charge in [-0.15, -0.1) is 0 Å². The highest BCUT2D eigenvalue weighted by Gasteiger charge is 1.95. The quantitative estimate of drug-likeness (QED) is 0.640. The van der Waals surface area contributed by atoms with E-state index in [0.717, 1.165) is 10.8 Å². The van der Waals surface area contributed by atoms with Gasteiger partial charge in [0.1, 0.15) is 6.07 Å². The number of halogens is 1. The van der Waals surface area contributed by atoms with Gasteiger partial charge < -0.3 is 0 Å². The highest BCUT2D eigenvalue weighted by Crippen LogP contribution is 2.17. The van der Waals surface area contributed by atoms with Crippen LogP contribution in [0.15, 0.2) is 48.3 Å². The van der Waals surface area contributed by atoms with Gasteiger partial charge in [0.05, 0.1) is 0 Å². The van der Waals surface area contributed by atoms with Crippen molar-refractivity contribution in [1.82, 2.24) is 0 Å². The van der Waals surface area contributed by atoms with Gasteiger partial charge in [0.25, 0.3) is 0 Å². The van der Waals surface area contributed by atoms with Crippen LogP contribution in [-0.4, -0.2) is 0 Å². The lowest BCUT2D eigenvalue weighted by atomic mass is 10.1. The Kier molecular flexibility index (Phi) is 2.47. The zero-order valence-electron chi connectivity index (χ0n) is 7.94. The van der Waals surface area contributed by atoms with Crippen molar-refractivity contribution in [2.24, 2.45) is 0 Å². The van der Waals surface area contributed by atoms with E-state index in [1.807, 2.05) is 36.4 Å². The van der Waals surface area contributed by atoms with Gasteiger partial charge in [-0.3, -0.25) is 0 Å². The molecule has 0 aliphatic rings. The molecule has 0 N–H and O–H groups in total. The van der Waals surface area contributed by atoms with Crippen LogP contribution in [0, 0.1) is 11.3 Å². The van der Waals surface area contributed by atoms with Crippen LogP contribution in [0.2, 0.25) is 0 Å². The first-order valence-corrected chi connectivity index (χ1v) is 4.56. The summed E-state index contributed by atoms with van der Waals surface area (Å²) in [6.45, 7) is 0. The van der Waals surface area contributed by atoms with E-state index in [0.29, 0.717) is 5.56 Å². The van der Waals surface area contributed by atoms with E-state index in [2.05, 4.69) is 0 Å². The molecule has 2 heteroatoms. The number of benzene rings is 2. The number of nitrogens with zero attached hydrogens (tertiary/aromatic N) is 1. The van der Waals surface area contributed by atoms with Crippen molar-refractivity contribution in [3.8, 4) is 6.07 Å². The lowest BCUT2D eigenvalue weighted by Crippen LogP contribution is -1.76. The third kappa shape index (κ3) is 2.03. The summed E-state index contributed by atoms with van der Waals surface area (Å²) >= 11 is 0. The molecule has 72 valence electrons. The minimum Gasteiger partial charge on any atom is -0.195 e. The van der Waals surface area contributed by atoms with Crippen molar-refractivity contribution in [2.75, 3.05) is 0 Å². The molecule has 0 fully saturated rings. The lowest BCUT2D eigenvalue weighted by Gasteiger charge is -1.98. The third-order valence-corrected chi connectivity index (χ3v) is 2.17. The van der Waals surface area contributed by atoms with Crippen LogP contribution in [0.1, 0.15) is 5.56 Å². The van der Waals surface area contributed by atoms with E-state index in [1.54, 1.807) is 6.07 Å². The van der Waals surface area contributed by atoms with Crippen LogP contribution < -0.4 is 0 Å². The van der Waals surface area contributed by atoms with Crippen molar-refractivity contribution in [3.63, 3.8) is 0 Å². The molecule has 0 saturated heterocycles. The Morgan fingerprint density at radius 2 is 1.87 bits per heavy atom. The van der Waals surface area contributed by atoms with Crippen molar-refractivity contribution in [3.05, 3.63) is 53.9 Å². The molecule has 1 nitrogen and oxygen atoms in total. The smallest absolute Gasteiger partial charge is 0.195 e. The van der Waals surface area contributed by atoms with Crippen LogP contribution in [-0.2, 0) is 0 Å². The maximum atomic E-state index is 12.7. The second-order valence-electron chi connectivity index (χ2n) is 3.21. The maximum Gasteiger partial charge on any atom is 0.200 e. The minimum atomic E-state index is -0.773. The van der Waals surface area contributed by atoms with E-state index < -0.39 is 5.83 Å². The summed E-state index contributed by atoms with van der Waals surface area (Å²) in [5.74, 6) is -0.773. The number of rotatable bonds is 1. The Bertz CT molecular complexity index is 564. The Hall–Kier alpha value is -2.14. The van der Waals surface area contributed by atoms with Gasteiger partial charge in [-0.25, -0.2) is 0 Å². The molecule has 0 aromatic heterocycles. The van der Waals surface area contributed by atoms with Crippen LogP contribution in [0.3, 0.4) is 0 Å². The van der Waals surface area contributed by atoms with Gasteiger partial charge in [0, 0.05) is 0 Å². The Morgan fingerprint density at radius 1 is 1.13 bits per heavy atom. The number of hydrogen-bond donors (Lipinski definition) is 0. The maximum absolute atomic E-state index is 12.7. The largest absolute Gasteiger partial charge is 0.200 e. The van der Waals surface area contributed by atoms with Gasteiger partial charge in [-0.05, 0) is 28.5 Å². The Labute approximate surface area is 87.1 Å². The molecule has 0 amide bonds. The first kappa shape index (κ1) is 9.42. The van der Waals surface area contributed by atoms with Crippen LogP contribution in [0.5, 0.6) is 0 Å². The van der Waals surface area contributed by atoms with Gasteiger partial charge in [0.2, 0.25) is 5.83 Å². The number of nitriles is 1. The number of fused-ring (bicyclic) bond motifs is 1. The van der Waals surface area contributed by atoms with Crippen molar-refractivity contribution >= 4 is 16.8 Å². The van der Waals surface area contributed by atoms with Gasteiger partial charge in [0.15, 0.2) is 0 Å². The zero-order chi connectivity index (χ0) is 10.7. The van der Waals surface area contributed by atoms with E-state index >= 15 is 0 Å². The summed E-state index contributed by atoms with van der Waals surface area (Å²) in [5.41, 5.74) is 0.702. The predicted octanol–water partition coefficient (Wildman–Crippen LogP) is 3.67.